The molecular weight excluding hydrogens is 199 g/mol. The van der Waals surface area contributed by atoms with Crippen molar-refractivity contribution in [3.8, 4) is 0 Å². The van der Waals surface area contributed by atoms with E-state index >= 15 is 0 Å². The van der Waals surface area contributed by atoms with E-state index in [1.807, 2.05) is 11.0 Å². The Morgan fingerprint density at radius 2 is 2.36 bits per heavy atom. The van der Waals surface area contributed by atoms with E-state index in [4.69, 9.17) is 5.73 Å². The molecule has 0 aliphatic carbocycles. The summed E-state index contributed by atoms with van der Waals surface area (Å²) >= 11 is 1.71. The quantitative estimate of drug-likeness (QED) is 0.809. The van der Waals surface area contributed by atoms with Crippen molar-refractivity contribution in [1.29, 1.82) is 0 Å². The number of para-hydroxylation sites is 1. The highest BCUT2D eigenvalue weighted by Gasteiger charge is 2.19. The molecule has 1 aliphatic heterocycles. The molecule has 4 heteroatoms. The third kappa shape index (κ3) is 1.72. The molecule has 14 heavy (non-hydrogen) atoms. The molecule has 0 amide bonds. The summed E-state index contributed by atoms with van der Waals surface area (Å²) in [5, 5.41) is 0. The molecule has 1 aromatic carbocycles. The number of rotatable bonds is 2. The van der Waals surface area contributed by atoms with Gasteiger partial charge < -0.3 is 10.6 Å². The highest BCUT2D eigenvalue weighted by atomic mass is 32.2. The molecule has 2 rings (SSSR count). The molecule has 0 saturated carbocycles. The van der Waals surface area contributed by atoms with Crippen LogP contribution >= 0.6 is 11.8 Å². The van der Waals surface area contributed by atoms with Gasteiger partial charge in [0.15, 0.2) is 0 Å². The van der Waals surface area contributed by atoms with Gasteiger partial charge in [0, 0.05) is 30.3 Å². The van der Waals surface area contributed by atoms with Crippen molar-refractivity contribution < 1.29 is 4.39 Å². The molecule has 1 heterocycles. The maximum atomic E-state index is 13.5. The maximum absolute atomic E-state index is 13.5. The molecule has 0 radical (unpaired) electrons. The average molecular weight is 212 g/mol. The Hall–Kier alpha value is -0.740. The normalized spacial score (nSPS) is 15.4. The summed E-state index contributed by atoms with van der Waals surface area (Å²) < 4.78 is 13.5. The number of thioether (sulfide) groups is 1. The zero-order chi connectivity index (χ0) is 9.97. The monoisotopic (exact) mass is 212 g/mol. The first-order valence-corrected chi connectivity index (χ1v) is 5.68. The van der Waals surface area contributed by atoms with Crippen LogP contribution in [0.25, 0.3) is 0 Å². The Labute approximate surface area is 87.3 Å². The van der Waals surface area contributed by atoms with E-state index in [1.165, 1.54) is 6.07 Å². The highest BCUT2D eigenvalue weighted by Crippen LogP contribution is 2.36. The summed E-state index contributed by atoms with van der Waals surface area (Å²) in [6.45, 7) is 2.18. The van der Waals surface area contributed by atoms with E-state index in [1.54, 1.807) is 17.8 Å². The average Bonchev–Trinajstić information content (AvgIpc) is 2.19. The molecular formula is C10H13FN2S. The smallest absolute Gasteiger partial charge is 0.147 e. The van der Waals surface area contributed by atoms with Crippen LogP contribution in [0.5, 0.6) is 0 Å². The maximum Gasteiger partial charge on any atom is 0.147 e. The summed E-state index contributed by atoms with van der Waals surface area (Å²) in [7, 11) is 0. The van der Waals surface area contributed by atoms with Crippen LogP contribution in [0.15, 0.2) is 23.1 Å². The van der Waals surface area contributed by atoms with Gasteiger partial charge in [-0.05, 0) is 12.1 Å². The van der Waals surface area contributed by atoms with Crippen molar-refractivity contribution in [3.63, 3.8) is 0 Å². The highest BCUT2D eigenvalue weighted by molar-refractivity contribution is 7.99. The van der Waals surface area contributed by atoms with Gasteiger partial charge in [-0.25, -0.2) is 4.39 Å². The third-order valence-corrected chi connectivity index (χ3v) is 3.31. The second kappa shape index (κ2) is 4.19. The van der Waals surface area contributed by atoms with Crippen molar-refractivity contribution >= 4 is 17.4 Å². The van der Waals surface area contributed by atoms with Crippen molar-refractivity contribution in [2.24, 2.45) is 5.73 Å². The minimum Gasteiger partial charge on any atom is -0.366 e. The van der Waals surface area contributed by atoms with Gasteiger partial charge in [-0.1, -0.05) is 6.07 Å². The van der Waals surface area contributed by atoms with E-state index in [0.29, 0.717) is 6.54 Å². The fourth-order valence-corrected chi connectivity index (χ4v) is 2.75. The number of fused-ring (bicyclic) bond motifs is 1. The first kappa shape index (κ1) is 9.80. The van der Waals surface area contributed by atoms with Crippen LogP contribution in [0.3, 0.4) is 0 Å². The minimum atomic E-state index is -0.136. The lowest BCUT2D eigenvalue weighted by Gasteiger charge is -2.30. The molecule has 0 saturated heterocycles. The number of nitrogens with zero attached hydrogens (tertiary/aromatic N) is 1. The zero-order valence-electron chi connectivity index (χ0n) is 7.87. The number of halogens is 1. The van der Waals surface area contributed by atoms with Gasteiger partial charge in [-0.2, -0.15) is 0 Å². The van der Waals surface area contributed by atoms with Crippen LogP contribution in [0.1, 0.15) is 0 Å². The first-order valence-electron chi connectivity index (χ1n) is 4.69. The van der Waals surface area contributed by atoms with Crippen molar-refractivity contribution in [2.75, 3.05) is 30.3 Å². The SMILES string of the molecule is NCCN1CCSc2cccc(F)c21. The van der Waals surface area contributed by atoms with Gasteiger partial charge in [0.25, 0.3) is 0 Å². The van der Waals surface area contributed by atoms with Crippen molar-refractivity contribution in [3.05, 3.63) is 24.0 Å². The second-order valence-electron chi connectivity index (χ2n) is 3.21. The Bertz CT molecular complexity index is 330. The number of anilines is 1. The molecule has 2 N–H and O–H groups in total. The summed E-state index contributed by atoms with van der Waals surface area (Å²) in [4.78, 5) is 3.06. The van der Waals surface area contributed by atoms with E-state index in [2.05, 4.69) is 0 Å². The van der Waals surface area contributed by atoms with Gasteiger partial charge in [0.1, 0.15) is 5.82 Å². The number of hydrogen-bond acceptors (Lipinski definition) is 3. The van der Waals surface area contributed by atoms with Crippen LogP contribution < -0.4 is 10.6 Å². The van der Waals surface area contributed by atoms with E-state index in [9.17, 15) is 4.39 Å². The minimum absolute atomic E-state index is 0.136. The molecule has 0 atom stereocenters. The molecule has 76 valence electrons. The lowest BCUT2D eigenvalue weighted by atomic mass is 10.2. The summed E-state index contributed by atoms with van der Waals surface area (Å²) in [5.74, 6) is 0.874. The van der Waals surface area contributed by atoms with Crippen LogP contribution in [0, 0.1) is 5.82 Å². The van der Waals surface area contributed by atoms with Crippen molar-refractivity contribution in [1.82, 2.24) is 0 Å². The van der Waals surface area contributed by atoms with Crippen LogP contribution in [0.2, 0.25) is 0 Å². The van der Waals surface area contributed by atoms with Crippen molar-refractivity contribution in [2.45, 2.75) is 4.90 Å². The Morgan fingerprint density at radius 1 is 1.50 bits per heavy atom. The van der Waals surface area contributed by atoms with E-state index in [0.717, 1.165) is 29.4 Å². The molecule has 1 aromatic rings. The summed E-state index contributed by atoms with van der Waals surface area (Å²) in [6.07, 6.45) is 0. The van der Waals surface area contributed by atoms with E-state index in [-0.39, 0.29) is 5.82 Å². The van der Waals surface area contributed by atoms with Gasteiger partial charge >= 0.3 is 0 Å². The fourth-order valence-electron chi connectivity index (χ4n) is 1.68. The molecule has 0 bridgehead atoms. The lowest BCUT2D eigenvalue weighted by molar-refractivity contribution is 0.612. The predicted molar refractivity (Wildman–Crippen MR) is 58.4 cm³/mol. The topological polar surface area (TPSA) is 29.3 Å². The van der Waals surface area contributed by atoms with Crippen LogP contribution in [-0.4, -0.2) is 25.4 Å². The predicted octanol–water partition coefficient (Wildman–Crippen LogP) is 1.70. The molecule has 2 nitrogen and oxygen atoms in total. The van der Waals surface area contributed by atoms with Gasteiger partial charge in [-0.3, -0.25) is 0 Å². The van der Waals surface area contributed by atoms with Crippen LogP contribution in [-0.2, 0) is 0 Å². The summed E-state index contributed by atoms with van der Waals surface area (Å²) in [6, 6.07) is 5.23. The third-order valence-electron chi connectivity index (χ3n) is 2.28. The zero-order valence-corrected chi connectivity index (χ0v) is 8.69. The second-order valence-corrected chi connectivity index (χ2v) is 4.35. The number of nitrogens with two attached hydrogens (primary N) is 1. The molecule has 0 unspecified atom stereocenters. The van der Waals surface area contributed by atoms with Gasteiger partial charge in [0.05, 0.1) is 5.69 Å². The largest absolute Gasteiger partial charge is 0.366 e. The Morgan fingerprint density at radius 3 is 3.14 bits per heavy atom. The molecule has 0 aromatic heterocycles. The lowest BCUT2D eigenvalue weighted by Crippen LogP contribution is -2.34. The molecule has 0 spiro atoms. The molecule has 1 aliphatic rings. The summed E-state index contributed by atoms with van der Waals surface area (Å²) in [5.41, 5.74) is 6.23. The van der Waals surface area contributed by atoms with Gasteiger partial charge in [-0.15, -0.1) is 11.8 Å². The fraction of sp³-hybridized carbons (Fsp3) is 0.400. The standard InChI is InChI=1S/C10H13FN2S/c11-8-2-1-3-9-10(8)13(5-4-12)6-7-14-9/h1-3H,4-7,12H2. The number of hydrogen-bond donors (Lipinski definition) is 1. The number of benzene rings is 1. The van der Waals surface area contributed by atoms with Gasteiger partial charge in [0.2, 0.25) is 0 Å². The first-order chi connectivity index (χ1) is 6.83. The van der Waals surface area contributed by atoms with Crippen LogP contribution in [0.4, 0.5) is 10.1 Å². The Kier molecular flexibility index (Phi) is 2.93. The molecule has 0 fully saturated rings. The Balaban J connectivity index is 2.36. The van der Waals surface area contributed by atoms with E-state index < -0.39 is 0 Å².